The average Bonchev–Trinajstić information content (AvgIpc) is 3.47. The summed E-state index contributed by atoms with van der Waals surface area (Å²) in [5.74, 6) is 1.42. The highest BCUT2D eigenvalue weighted by atomic mass is 16.5. The van der Waals surface area contributed by atoms with Crippen LogP contribution in [0.5, 0.6) is 0 Å². The molecule has 0 spiro atoms. The lowest BCUT2D eigenvalue weighted by atomic mass is 10.1. The third-order valence-corrected chi connectivity index (χ3v) is 7.53. The van der Waals surface area contributed by atoms with E-state index in [0.29, 0.717) is 76.7 Å². The first-order valence-corrected chi connectivity index (χ1v) is 13.7. The number of anilines is 2. The largest absolute Gasteiger partial charge is 0.393 e. The fourth-order valence-corrected chi connectivity index (χ4v) is 5.26. The third kappa shape index (κ3) is 5.76. The van der Waals surface area contributed by atoms with E-state index < -0.39 is 0 Å². The minimum atomic E-state index is -0.306. The molecule has 2 fully saturated rings. The number of morpholine rings is 1. The number of likely N-dealkylation sites (tertiary alicyclic amines) is 1. The first kappa shape index (κ1) is 26.2. The normalized spacial score (nSPS) is 19.8. The average molecular weight is 544 g/mol. The minimum absolute atomic E-state index is 0.0443. The molecule has 1 aromatic heterocycles. The molecule has 11 nitrogen and oxygen atoms in total. The van der Waals surface area contributed by atoms with Gasteiger partial charge in [-0.2, -0.15) is 4.99 Å². The van der Waals surface area contributed by atoms with Crippen LogP contribution in [0.3, 0.4) is 0 Å². The highest BCUT2D eigenvalue weighted by Crippen LogP contribution is 2.25. The zero-order chi connectivity index (χ0) is 27.5. The summed E-state index contributed by atoms with van der Waals surface area (Å²) in [4.78, 5) is 42.4. The predicted molar refractivity (Wildman–Crippen MR) is 151 cm³/mol. The summed E-state index contributed by atoms with van der Waals surface area (Å²) in [6, 6.07) is 11.6. The number of aliphatic hydroxyl groups is 1. The topological polar surface area (TPSA) is 117 Å². The van der Waals surface area contributed by atoms with Gasteiger partial charge in [0.05, 0.1) is 37.5 Å². The molecular weight excluding hydrogens is 510 g/mol. The Labute approximate surface area is 233 Å². The van der Waals surface area contributed by atoms with Crippen LogP contribution in [0, 0.1) is 0 Å². The van der Waals surface area contributed by atoms with E-state index in [-0.39, 0.29) is 17.9 Å². The van der Waals surface area contributed by atoms with Crippen LogP contribution in [0.1, 0.15) is 28.8 Å². The maximum absolute atomic E-state index is 12.9. The minimum Gasteiger partial charge on any atom is -0.393 e. The Balaban J connectivity index is 1.16. The Morgan fingerprint density at radius 3 is 2.67 bits per heavy atom. The van der Waals surface area contributed by atoms with Gasteiger partial charge in [-0.15, -0.1) is 0 Å². The molecule has 0 aliphatic carbocycles. The number of fused-ring (bicyclic) bond motifs is 1. The zero-order valence-electron chi connectivity index (χ0n) is 22.3. The SMILES string of the molecule is O=C(Cc1cccc(N2C=C(Nc3ccc(C(=O)N4CCOCC4)cn3)C3=NC=C[N+]3C2)c1)N1CCC(O)CC1. The Hall–Kier alpha value is -4.06. The summed E-state index contributed by atoms with van der Waals surface area (Å²) in [6.07, 6.45) is 8.55. The quantitative estimate of drug-likeness (QED) is 0.534. The van der Waals surface area contributed by atoms with Gasteiger partial charge in [0.15, 0.2) is 6.20 Å². The molecule has 5 heterocycles. The summed E-state index contributed by atoms with van der Waals surface area (Å²) in [5.41, 5.74) is 3.21. The van der Waals surface area contributed by atoms with Crippen LogP contribution in [-0.2, 0) is 16.0 Å². The van der Waals surface area contributed by atoms with Crippen molar-refractivity contribution < 1.29 is 19.4 Å². The summed E-state index contributed by atoms with van der Waals surface area (Å²) < 4.78 is 5.34. The monoisotopic (exact) mass is 543 g/mol. The molecule has 11 heteroatoms. The molecule has 2 N–H and O–H groups in total. The van der Waals surface area contributed by atoms with Crippen molar-refractivity contribution in [2.24, 2.45) is 4.99 Å². The lowest BCUT2D eigenvalue weighted by Gasteiger charge is -2.30. The molecule has 2 aromatic rings. The van der Waals surface area contributed by atoms with E-state index in [1.54, 1.807) is 29.4 Å². The summed E-state index contributed by atoms with van der Waals surface area (Å²) >= 11 is 0. The van der Waals surface area contributed by atoms with Gasteiger partial charge in [0, 0.05) is 44.3 Å². The molecule has 207 valence electrons. The number of carbonyl (C=O) groups is 2. The number of hydrogen-bond acceptors (Lipinski definition) is 9. The summed E-state index contributed by atoms with van der Waals surface area (Å²) in [5, 5.41) is 13.1. The molecule has 0 bridgehead atoms. The molecular formula is C29H33N7O4+. The molecule has 0 atom stereocenters. The van der Waals surface area contributed by atoms with Crippen molar-refractivity contribution in [3.63, 3.8) is 0 Å². The number of aliphatic imine (C=N–C) groups is 1. The first-order chi connectivity index (χ1) is 19.5. The van der Waals surface area contributed by atoms with Crippen LogP contribution in [-0.4, -0.2) is 89.7 Å². The number of aliphatic hydroxyl groups excluding tert-OH is 1. The number of pyridine rings is 1. The number of carbonyl (C=O) groups excluding carboxylic acids is 2. The summed E-state index contributed by atoms with van der Waals surface area (Å²) in [6.45, 7) is 4.05. The van der Waals surface area contributed by atoms with Crippen LogP contribution < -0.4 is 15.1 Å². The first-order valence-electron chi connectivity index (χ1n) is 13.7. The molecule has 6 rings (SSSR count). The number of ether oxygens (including phenoxy) is 1. The van der Waals surface area contributed by atoms with Crippen molar-refractivity contribution in [3.8, 4) is 0 Å². The van der Waals surface area contributed by atoms with Crippen molar-refractivity contribution in [1.29, 1.82) is 0 Å². The van der Waals surface area contributed by atoms with Crippen LogP contribution >= 0.6 is 0 Å². The van der Waals surface area contributed by atoms with E-state index in [2.05, 4.69) is 20.2 Å². The van der Waals surface area contributed by atoms with E-state index in [4.69, 9.17) is 4.74 Å². The van der Waals surface area contributed by atoms with Crippen LogP contribution in [0.4, 0.5) is 11.5 Å². The van der Waals surface area contributed by atoms with Crippen LogP contribution in [0.2, 0.25) is 0 Å². The maximum atomic E-state index is 12.9. The fourth-order valence-electron chi connectivity index (χ4n) is 5.26. The molecule has 4 aliphatic rings. The number of rotatable bonds is 6. The van der Waals surface area contributed by atoms with Crippen molar-refractivity contribution in [2.45, 2.75) is 25.4 Å². The Kier molecular flexibility index (Phi) is 7.58. The van der Waals surface area contributed by atoms with Gasteiger partial charge < -0.3 is 25.0 Å². The highest BCUT2D eigenvalue weighted by molar-refractivity contribution is 6.06. The third-order valence-electron chi connectivity index (χ3n) is 7.53. The second kappa shape index (κ2) is 11.6. The van der Waals surface area contributed by atoms with E-state index in [0.717, 1.165) is 22.8 Å². The number of amidine groups is 1. The van der Waals surface area contributed by atoms with Gasteiger partial charge in [0.2, 0.25) is 12.6 Å². The second-order valence-corrected chi connectivity index (χ2v) is 10.3. The van der Waals surface area contributed by atoms with Crippen LogP contribution in [0.25, 0.3) is 0 Å². The molecule has 2 amide bonds. The van der Waals surface area contributed by atoms with Gasteiger partial charge in [-0.1, -0.05) is 17.0 Å². The fraction of sp³-hybridized carbons (Fsp3) is 0.379. The molecule has 0 saturated carbocycles. The number of amides is 2. The number of nitrogens with one attached hydrogen (secondary N) is 1. The Bertz CT molecular complexity index is 1340. The predicted octanol–water partition coefficient (Wildman–Crippen LogP) is 1.83. The van der Waals surface area contributed by atoms with Gasteiger partial charge in [-0.3, -0.25) is 14.5 Å². The van der Waals surface area contributed by atoms with E-state index in [9.17, 15) is 14.7 Å². The van der Waals surface area contributed by atoms with Gasteiger partial charge >= 0.3 is 5.84 Å². The number of aromatic nitrogens is 1. The lowest BCUT2D eigenvalue weighted by Crippen LogP contribution is -2.46. The number of nitrogens with zero attached hydrogens (tertiary/aromatic N) is 6. The molecule has 1 radical (unpaired) electrons. The molecule has 0 unspecified atom stereocenters. The van der Waals surface area contributed by atoms with Gasteiger partial charge in [0.1, 0.15) is 11.5 Å². The van der Waals surface area contributed by atoms with Gasteiger partial charge in [0.25, 0.3) is 5.91 Å². The van der Waals surface area contributed by atoms with Crippen LogP contribution in [0.15, 0.2) is 71.9 Å². The van der Waals surface area contributed by atoms with Gasteiger partial charge in [-0.25, -0.2) is 4.98 Å². The Morgan fingerprint density at radius 1 is 1.07 bits per heavy atom. The smallest absolute Gasteiger partial charge is 0.308 e. The molecule has 1 aromatic carbocycles. The lowest BCUT2D eigenvalue weighted by molar-refractivity contribution is -0.132. The number of hydrogen-bond donors (Lipinski definition) is 2. The standard InChI is InChI=1S/C29H33N7O4/c37-24-6-9-33(10-7-24)27(38)17-21-2-1-3-23(16-21)36-19-25(28-30-8-11-35(28)20-36)32-26-5-4-22(18-31-26)29(39)34-12-14-40-15-13-34/h1-5,8,11,16,18-19,24,37H,6-7,9-10,12-15,17,20H2,(H,31,32)/q+1. The highest BCUT2D eigenvalue weighted by Gasteiger charge is 2.36. The number of piperidine rings is 1. The molecule has 40 heavy (non-hydrogen) atoms. The van der Waals surface area contributed by atoms with E-state index >= 15 is 0 Å². The van der Waals surface area contributed by atoms with Crippen molar-refractivity contribution in [2.75, 3.05) is 56.3 Å². The number of benzene rings is 1. The van der Waals surface area contributed by atoms with E-state index in [1.807, 2.05) is 46.5 Å². The van der Waals surface area contributed by atoms with Crippen molar-refractivity contribution >= 4 is 29.2 Å². The molecule has 4 aliphatic heterocycles. The second-order valence-electron chi connectivity index (χ2n) is 10.3. The van der Waals surface area contributed by atoms with E-state index in [1.165, 1.54) is 0 Å². The maximum Gasteiger partial charge on any atom is 0.308 e. The summed E-state index contributed by atoms with van der Waals surface area (Å²) in [7, 11) is 0. The zero-order valence-corrected chi connectivity index (χ0v) is 22.3. The van der Waals surface area contributed by atoms with Crippen molar-refractivity contribution in [3.05, 3.63) is 78.0 Å². The molecule has 2 saturated heterocycles. The Morgan fingerprint density at radius 2 is 1.90 bits per heavy atom. The van der Waals surface area contributed by atoms with Gasteiger partial charge in [-0.05, 0) is 42.7 Å². The van der Waals surface area contributed by atoms with Crippen molar-refractivity contribution in [1.82, 2.24) is 19.7 Å².